The zero-order valence-electron chi connectivity index (χ0n) is 19.0. The Balaban J connectivity index is 1.68. The Kier molecular flexibility index (Phi) is 8.02. The molecule has 0 atom stereocenters. The molecule has 0 aromatic heterocycles. The standard InChI is InChI=1S/C26H24N2O6/c1-32-24-16-19(17-25(33-2)26(24)34-3)8-7-18-5-4-6-21(15-18)27-14-13-23(29)20-9-11-22(12-10-20)28(30)31/h4-17,27H,1-3H3. The van der Waals surface area contributed by atoms with Crippen LogP contribution >= 0.6 is 0 Å². The van der Waals surface area contributed by atoms with Gasteiger partial charge in [-0.05, 0) is 47.5 Å². The summed E-state index contributed by atoms with van der Waals surface area (Å²) in [6.45, 7) is 0. The van der Waals surface area contributed by atoms with Crippen molar-refractivity contribution >= 4 is 29.3 Å². The molecule has 0 aliphatic carbocycles. The first-order valence-electron chi connectivity index (χ1n) is 10.2. The van der Waals surface area contributed by atoms with E-state index >= 15 is 0 Å². The molecule has 3 aromatic rings. The SMILES string of the molecule is COc1cc(C=Cc2cccc(NC=CC(=O)c3ccc([N+](=O)[O-])cc3)c2)cc(OC)c1OC. The molecule has 1 N–H and O–H groups in total. The van der Waals surface area contributed by atoms with Gasteiger partial charge in [0.1, 0.15) is 0 Å². The van der Waals surface area contributed by atoms with Gasteiger partial charge >= 0.3 is 0 Å². The van der Waals surface area contributed by atoms with E-state index in [0.717, 1.165) is 16.8 Å². The van der Waals surface area contributed by atoms with Gasteiger partial charge in [0.25, 0.3) is 5.69 Å². The molecule has 0 unspecified atom stereocenters. The summed E-state index contributed by atoms with van der Waals surface area (Å²) in [5, 5.41) is 13.8. The Labute approximate surface area is 197 Å². The summed E-state index contributed by atoms with van der Waals surface area (Å²) in [6, 6.07) is 16.8. The van der Waals surface area contributed by atoms with Crippen molar-refractivity contribution in [1.82, 2.24) is 0 Å². The number of methoxy groups -OCH3 is 3. The molecule has 0 heterocycles. The Hall–Kier alpha value is -4.59. The third kappa shape index (κ3) is 6.01. The van der Waals surface area contributed by atoms with Crippen LogP contribution in [0.3, 0.4) is 0 Å². The van der Waals surface area contributed by atoms with Gasteiger partial charge in [-0.1, -0.05) is 24.3 Å². The predicted octanol–water partition coefficient (Wildman–Crippen LogP) is 5.60. The van der Waals surface area contributed by atoms with Crippen molar-refractivity contribution in [3.8, 4) is 17.2 Å². The highest BCUT2D eigenvalue weighted by Crippen LogP contribution is 2.38. The average Bonchev–Trinajstić information content (AvgIpc) is 2.86. The van der Waals surface area contributed by atoms with Crippen molar-refractivity contribution in [3.05, 3.63) is 99.7 Å². The maximum atomic E-state index is 12.3. The zero-order chi connectivity index (χ0) is 24.5. The number of carbonyl (C=O) groups is 1. The third-order valence-corrected chi connectivity index (χ3v) is 4.89. The molecule has 0 amide bonds. The van der Waals surface area contributed by atoms with Crippen molar-refractivity contribution in [3.63, 3.8) is 0 Å². The van der Waals surface area contributed by atoms with Crippen LogP contribution in [0, 0.1) is 10.1 Å². The van der Waals surface area contributed by atoms with Gasteiger partial charge in [-0.25, -0.2) is 0 Å². The van der Waals surface area contributed by atoms with Crippen molar-refractivity contribution in [2.75, 3.05) is 26.6 Å². The predicted molar refractivity (Wildman–Crippen MR) is 132 cm³/mol. The van der Waals surface area contributed by atoms with Gasteiger partial charge in [-0.2, -0.15) is 0 Å². The summed E-state index contributed by atoms with van der Waals surface area (Å²) in [7, 11) is 4.70. The molecular formula is C26H24N2O6. The molecule has 0 fully saturated rings. The second-order valence-electron chi connectivity index (χ2n) is 7.06. The topological polar surface area (TPSA) is 99.9 Å². The first kappa shape index (κ1) is 24.1. The molecule has 8 nitrogen and oxygen atoms in total. The van der Waals surface area contributed by atoms with E-state index in [0.29, 0.717) is 22.8 Å². The van der Waals surface area contributed by atoms with Gasteiger partial charge in [0.05, 0.1) is 26.3 Å². The van der Waals surface area contributed by atoms with E-state index < -0.39 is 4.92 Å². The lowest BCUT2D eigenvalue weighted by atomic mass is 10.1. The lowest BCUT2D eigenvalue weighted by molar-refractivity contribution is -0.384. The third-order valence-electron chi connectivity index (χ3n) is 4.89. The number of hydrogen-bond acceptors (Lipinski definition) is 7. The number of ketones is 1. The number of benzene rings is 3. The molecular weight excluding hydrogens is 436 g/mol. The number of hydrogen-bond donors (Lipinski definition) is 1. The number of nitrogens with zero attached hydrogens (tertiary/aromatic N) is 1. The summed E-state index contributed by atoms with van der Waals surface area (Å²) >= 11 is 0. The molecule has 0 bridgehead atoms. The summed E-state index contributed by atoms with van der Waals surface area (Å²) in [5.74, 6) is 1.41. The van der Waals surface area contributed by atoms with Gasteiger partial charge in [-0.3, -0.25) is 14.9 Å². The summed E-state index contributed by atoms with van der Waals surface area (Å²) in [6.07, 6.45) is 6.78. The van der Waals surface area contributed by atoms with Crippen LogP contribution in [-0.2, 0) is 0 Å². The number of ether oxygens (including phenoxy) is 3. The van der Waals surface area contributed by atoms with Gasteiger partial charge < -0.3 is 19.5 Å². The molecule has 0 aliphatic rings. The number of nitro benzene ring substituents is 1. The minimum atomic E-state index is -0.505. The molecule has 34 heavy (non-hydrogen) atoms. The van der Waals surface area contributed by atoms with E-state index in [9.17, 15) is 14.9 Å². The van der Waals surface area contributed by atoms with Crippen molar-refractivity contribution in [2.24, 2.45) is 0 Å². The molecule has 174 valence electrons. The Bertz CT molecular complexity index is 1210. The van der Waals surface area contributed by atoms with E-state index in [1.807, 2.05) is 48.6 Å². The summed E-state index contributed by atoms with van der Waals surface area (Å²) in [4.78, 5) is 22.5. The van der Waals surface area contributed by atoms with E-state index in [1.165, 1.54) is 36.5 Å². The van der Waals surface area contributed by atoms with Gasteiger partial charge in [0.15, 0.2) is 17.3 Å². The van der Waals surface area contributed by atoms with Crippen LogP contribution in [0.15, 0.2) is 72.9 Å². The monoisotopic (exact) mass is 460 g/mol. The summed E-state index contributed by atoms with van der Waals surface area (Å²) in [5.41, 5.74) is 2.91. The lowest BCUT2D eigenvalue weighted by Gasteiger charge is -2.12. The van der Waals surface area contributed by atoms with Crippen LogP contribution < -0.4 is 19.5 Å². The molecule has 3 aromatic carbocycles. The Morgan fingerprint density at radius 1 is 0.882 bits per heavy atom. The zero-order valence-corrected chi connectivity index (χ0v) is 19.0. The number of anilines is 1. The molecule has 0 radical (unpaired) electrons. The first-order valence-corrected chi connectivity index (χ1v) is 10.2. The number of rotatable bonds is 10. The minimum Gasteiger partial charge on any atom is -0.493 e. The lowest BCUT2D eigenvalue weighted by Crippen LogP contribution is -1.97. The fraction of sp³-hybridized carbons (Fsp3) is 0.115. The fourth-order valence-corrected chi connectivity index (χ4v) is 3.18. The second kappa shape index (κ2) is 11.3. The van der Waals surface area contributed by atoms with E-state index in [4.69, 9.17) is 14.2 Å². The molecule has 3 rings (SSSR count). The van der Waals surface area contributed by atoms with Gasteiger partial charge in [-0.15, -0.1) is 0 Å². The van der Waals surface area contributed by atoms with Crippen molar-refractivity contribution < 1.29 is 23.9 Å². The second-order valence-corrected chi connectivity index (χ2v) is 7.06. The normalized spacial score (nSPS) is 10.9. The molecule has 8 heteroatoms. The van der Waals surface area contributed by atoms with Crippen molar-refractivity contribution in [1.29, 1.82) is 0 Å². The maximum absolute atomic E-state index is 12.3. The quantitative estimate of drug-likeness (QED) is 0.138. The minimum absolute atomic E-state index is 0.0601. The molecule has 0 spiro atoms. The van der Waals surface area contributed by atoms with Gasteiger partial charge in [0.2, 0.25) is 5.75 Å². The van der Waals surface area contributed by atoms with Crippen LogP contribution in [0.25, 0.3) is 12.2 Å². The Morgan fingerprint density at radius 2 is 1.53 bits per heavy atom. The highest BCUT2D eigenvalue weighted by atomic mass is 16.6. The van der Waals surface area contributed by atoms with Crippen LogP contribution in [0.5, 0.6) is 17.2 Å². The Morgan fingerprint density at radius 3 is 2.12 bits per heavy atom. The fourth-order valence-electron chi connectivity index (χ4n) is 3.18. The number of nitrogens with one attached hydrogen (secondary N) is 1. The summed E-state index contributed by atoms with van der Waals surface area (Å²) < 4.78 is 16.1. The van der Waals surface area contributed by atoms with Crippen molar-refractivity contribution in [2.45, 2.75) is 0 Å². The highest BCUT2D eigenvalue weighted by molar-refractivity contribution is 6.04. The van der Waals surface area contributed by atoms with E-state index in [2.05, 4.69) is 5.32 Å². The number of non-ortho nitro benzene ring substituents is 1. The van der Waals surface area contributed by atoms with Crippen LogP contribution in [0.4, 0.5) is 11.4 Å². The van der Waals surface area contributed by atoms with Gasteiger partial charge in [0, 0.05) is 35.7 Å². The molecule has 0 saturated carbocycles. The van der Waals surface area contributed by atoms with E-state index in [-0.39, 0.29) is 11.5 Å². The number of carbonyl (C=O) groups excluding carboxylic acids is 1. The first-order chi connectivity index (χ1) is 16.4. The van der Waals surface area contributed by atoms with E-state index in [1.54, 1.807) is 21.3 Å². The molecule has 0 saturated heterocycles. The van der Waals surface area contributed by atoms with Crippen LogP contribution in [-0.4, -0.2) is 32.0 Å². The largest absolute Gasteiger partial charge is 0.493 e. The number of nitro groups is 1. The van der Waals surface area contributed by atoms with Crippen LogP contribution in [0.1, 0.15) is 21.5 Å². The highest BCUT2D eigenvalue weighted by Gasteiger charge is 2.12. The maximum Gasteiger partial charge on any atom is 0.269 e. The smallest absolute Gasteiger partial charge is 0.269 e. The van der Waals surface area contributed by atoms with Crippen LogP contribution in [0.2, 0.25) is 0 Å². The number of allylic oxidation sites excluding steroid dienone is 1. The average molecular weight is 460 g/mol. The molecule has 0 aliphatic heterocycles.